The first-order chi connectivity index (χ1) is 8.45. The zero-order valence-electron chi connectivity index (χ0n) is 10.1. The Hall–Kier alpha value is -0.760. The molecule has 1 unspecified atom stereocenters. The SMILES string of the molecule is Cl.NCC1CCN(S(=O)(=O)c2ccc(F)c(F)c2)C1. The molecule has 108 valence electrons. The summed E-state index contributed by atoms with van der Waals surface area (Å²) in [6.45, 7) is 1.12. The van der Waals surface area contributed by atoms with E-state index in [1.54, 1.807) is 0 Å². The van der Waals surface area contributed by atoms with Crippen LogP contribution in [-0.4, -0.2) is 32.4 Å². The van der Waals surface area contributed by atoms with Gasteiger partial charge >= 0.3 is 0 Å². The summed E-state index contributed by atoms with van der Waals surface area (Å²) in [6, 6.07) is 2.60. The first-order valence-corrected chi connectivity index (χ1v) is 7.04. The van der Waals surface area contributed by atoms with Gasteiger partial charge in [-0.25, -0.2) is 17.2 Å². The molecule has 1 fully saturated rings. The van der Waals surface area contributed by atoms with Crippen molar-refractivity contribution in [2.24, 2.45) is 11.7 Å². The summed E-state index contributed by atoms with van der Waals surface area (Å²) in [5.74, 6) is -2.09. The number of rotatable bonds is 3. The molecule has 1 aromatic rings. The van der Waals surface area contributed by atoms with Crippen LogP contribution in [-0.2, 0) is 10.0 Å². The third-order valence-corrected chi connectivity index (χ3v) is 4.97. The summed E-state index contributed by atoms with van der Waals surface area (Å²) in [6.07, 6.45) is 0.694. The first kappa shape index (κ1) is 16.3. The largest absolute Gasteiger partial charge is 0.330 e. The van der Waals surface area contributed by atoms with Crippen LogP contribution in [0.15, 0.2) is 23.1 Å². The molecule has 0 aromatic heterocycles. The van der Waals surface area contributed by atoms with Gasteiger partial charge in [-0.3, -0.25) is 0 Å². The molecule has 1 aliphatic heterocycles. The molecule has 0 saturated carbocycles. The standard InChI is InChI=1S/C11H14F2N2O2S.ClH/c12-10-2-1-9(5-11(10)13)18(16,17)15-4-3-8(6-14)7-15;/h1-2,5,8H,3-4,6-7,14H2;1H. The third kappa shape index (κ3) is 3.22. The molecule has 1 aliphatic rings. The predicted octanol–water partition coefficient (Wildman–Crippen LogP) is 1.36. The minimum Gasteiger partial charge on any atom is -0.330 e. The maximum atomic E-state index is 13.1. The van der Waals surface area contributed by atoms with Gasteiger partial charge in [0.25, 0.3) is 0 Å². The number of hydrogen-bond donors (Lipinski definition) is 1. The van der Waals surface area contributed by atoms with E-state index in [0.29, 0.717) is 32.1 Å². The minimum absolute atomic E-state index is 0. The van der Waals surface area contributed by atoms with Crippen LogP contribution in [0.3, 0.4) is 0 Å². The van der Waals surface area contributed by atoms with Gasteiger partial charge in [0.1, 0.15) is 0 Å². The predicted molar refractivity (Wildman–Crippen MR) is 69.5 cm³/mol. The van der Waals surface area contributed by atoms with Gasteiger partial charge in [-0.05, 0) is 37.1 Å². The lowest BCUT2D eigenvalue weighted by atomic mass is 10.1. The van der Waals surface area contributed by atoms with Gasteiger partial charge in [-0.1, -0.05) is 0 Å². The summed E-state index contributed by atoms with van der Waals surface area (Å²) < 4.78 is 51.4. The van der Waals surface area contributed by atoms with E-state index in [2.05, 4.69) is 0 Å². The van der Waals surface area contributed by atoms with Crippen molar-refractivity contribution in [1.82, 2.24) is 4.31 Å². The fourth-order valence-electron chi connectivity index (χ4n) is 1.99. The first-order valence-electron chi connectivity index (χ1n) is 5.60. The zero-order valence-corrected chi connectivity index (χ0v) is 11.7. The van der Waals surface area contributed by atoms with Gasteiger partial charge in [0.2, 0.25) is 10.0 Å². The molecule has 0 aliphatic carbocycles. The maximum Gasteiger partial charge on any atom is 0.243 e. The van der Waals surface area contributed by atoms with Gasteiger partial charge < -0.3 is 5.73 Å². The van der Waals surface area contributed by atoms with E-state index in [1.165, 1.54) is 4.31 Å². The Morgan fingerprint density at radius 3 is 2.53 bits per heavy atom. The molecule has 1 heterocycles. The van der Waals surface area contributed by atoms with Crippen LogP contribution in [0.1, 0.15) is 6.42 Å². The van der Waals surface area contributed by atoms with Crippen molar-refractivity contribution >= 4 is 22.4 Å². The van der Waals surface area contributed by atoms with E-state index in [9.17, 15) is 17.2 Å². The van der Waals surface area contributed by atoms with Gasteiger partial charge in [0, 0.05) is 13.1 Å². The second-order valence-corrected chi connectivity index (χ2v) is 6.27. The Morgan fingerprint density at radius 2 is 2.00 bits per heavy atom. The maximum absolute atomic E-state index is 13.1. The number of nitrogens with zero attached hydrogens (tertiary/aromatic N) is 1. The molecule has 1 atom stereocenters. The van der Waals surface area contributed by atoms with E-state index in [0.717, 1.165) is 12.1 Å². The van der Waals surface area contributed by atoms with Crippen LogP contribution in [0, 0.1) is 17.6 Å². The van der Waals surface area contributed by atoms with E-state index >= 15 is 0 Å². The highest BCUT2D eigenvalue weighted by Gasteiger charge is 2.32. The molecule has 4 nitrogen and oxygen atoms in total. The van der Waals surface area contributed by atoms with Crippen molar-refractivity contribution in [2.75, 3.05) is 19.6 Å². The molecule has 0 bridgehead atoms. The second-order valence-electron chi connectivity index (χ2n) is 4.33. The summed E-state index contributed by atoms with van der Waals surface area (Å²) in [5, 5.41) is 0. The van der Waals surface area contributed by atoms with Gasteiger partial charge in [0.05, 0.1) is 4.90 Å². The Bertz CT molecular complexity index is 554. The molecule has 2 N–H and O–H groups in total. The molecule has 1 aromatic carbocycles. The van der Waals surface area contributed by atoms with Gasteiger partial charge in [-0.2, -0.15) is 4.31 Å². The van der Waals surface area contributed by atoms with Crippen molar-refractivity contribution in [2.45, 2.75) is 11.3 Å². The van der Waals surface area contributed by atoms with Gasteiger partial charge in [-0.15, -0.1) is 12.4 Å². The molecule has 8 heteroatoms. The van der Waals surface area contributed by atoms with Gasteiger partial charge in [0.15, 0.2) is 11.6 Å². The van der Waals surface area contributed by atoms with Crippen molar-refractivity contribution < 1.29 is 17.2 Å². The van der Waals surface area contributed by atoms with Crippen LogP contribution in [0.25, 0.3) is 0 Å². The number of sulfonamides is 1. The van der Waals surface area contributed by atoms with Crippen molar-refractivity contribution in [3.05, 3.63) is 29.8 Å². The van der Waals surface area contributed by atoms with Crippen molar-refractivity contribution in [1.29, 1.82) is 0 Å². The van der Waals surface area contributed by atoms with E-state index in [4.69, 9.17) is 5.73 Å². The van der Waals surface area contributed by atoms with Crippen LogP contribution in [0.4, 0.5) is 8.78 Å². The highest BCUT2D eigenvalue weighted by atomic mass is 35.5. The quantitative estimate of drug-likeness (QED) is 0.916. The summed E-state index contributed by atoms with van der Waals surface area (Å²) >= 11 is 0. The Kier molecular flexibility index (Phi) is 5.26. The van der Waals surface area contributed by atoms with Crippen LogP contribution in [0.5, 0.6) is 0 Å². The highest BCUT2D eigenvalue weighted by molar-refractivity contribution is 7.89. The second kappa shape index (κ2) is 6.13. The molecule has 2 rings (SSSR count). The Balaban J connectivity index is 0.00000180. The molecular formula is C11H15ClF2N2O2S. The molecule has 1 saturated heterocycles. The van der Waals surface area contributed by atoms with Crippen LogP contribution < -0.4 is 5.73 Å². The molecule has 0 radical (unpaired) electrons. The monoisotopic (exact) mass is 312 g/mol. The molecule has 19 heavy (non-hydrogen) atoms. The summed E-state index contributed by atoms with van der Waals surface area (Å²) in [4.78, 5) is -0.223. The van der Waals surface area contributed by atoms with E-state index in [1.807, 2.05) is 0 Å². The molecule has 0 amide bonds. The summed E-state index contributed by atoms with van der Waals surface area (Å²) in [5.41, 5.74) is 5.49. The zero-order chi connectivity index (χ0) is 13.3. The lowest BCUT2D eigenvalue weighted by Crippen LogP contribution is -2.30. The lowest BCUT2D eigenvalue weighted by molar-refractivity contribution is 0.456. The van der Waals surface area contributed by atoms with E-state index in [-0.39, 0.29) is 23.2 Å². The lowest BCUT2D eigenvalue weighted by Gasteiger charge is -2.16. The summed E-state index contributed by atoms with van der Waals surface area (Å²) in [7, 11) is -3.75. The number of hydrogen-bond acceptors (Lipinski definition) is 3. The van der Waals surface area contributed by atoms with Crippen molar-refractivity contribution in [3.8, 4) is 0 Å². The fourth-order valence-corrected chi connectivity index (χ4v) is 3.54. The third-order valence-electron chi connectivity index (χ3n) is 3.11. The van der Waals surface area contributed by atoms with Crippen LogP contribution in [0.2, 0.25) is 0 Å². The average molecular weight is 313 g/mol. The minimum atomic E-state index is -3.75. The molecule has 0 spiro atoms. The highest BCUT2D eigenvalue weighted by Crippen LogP contribution is 2.24. The van der Waals surface area contributed by atoms with E-state index < -0.39 is 21.7 Å². The number of halogens is 3. The normalized spacial score (nSPS) is 20.3. The molecular weight excluding hydrogens is 298 g/mol. The van der Waals surface area contributed by atoms with Crippen molar-refractivity contribution in [3.63, 3.8) is 0 Å². The fraction of sp³-hybridized carbons (Fsp3) is 0.455. The Labute approximate surface area is 117 Å². The van der Waals surface area contributed by atoms with Crippen LogP contribution >= 0.6 is 12.4 Å². The number of nitrogens with two attached hydrogens (primary N) is 1. The number of benzene rings is 1. The average Bonchev–Trinajstić information content (AvgIpc) is 2.81. The smallest absolute Gasteiger partial charge is 0.243 e. The Morgan fingerprint density at radius 1 is 1.32 bits per heavy atom. The topological polar surface area (TPSA) is 63.4 Å².